The van der Waals surface area contributed by atoms with Crippen molar-refractivity contribution in [3.63, 3.8) is 0 Å². The molecule has 3 nitrogen and oxygen atoms in total. The average Bonchev–Trinajstić information content (AvgIpc) is 2.55. The Morgan fingerprint density at radius 3 is 3.21 bits per heavy atom. The summed E-state index contributed by atoms with van der Waals surface area (Å²) in [6.07, 6.45) is 7.38. The molecule has 68 valence electrons. The molecular weight excluding hydrogens is 176 g/mol. The van der Waals surface area contributed by atoms with Crippen molar-refractivity contribution in [3.05, 3.63) is 36.0 Å². The van der Waals surface area contributed by atoms with E-state index in [4.69, 9.17) is 4.84 Å². The maximum Gasteiger partial charge on any atom is 0.174 e. The summed E-state index contributed by atoms with van der Waals surface area (Å²) in [6.45, 7) is 0. The van der Waals surface area contributed by atoms with E-state index >= 15 is 0 Å². The number of aromatic amines is 1. The van der Waals surface area contributed by atoms with E-state index in [9.17, 15) is 0 Å². The standard InChI is InChI=1S/C11H8N2O/c1-2-8-3-4-10-9(5-7-12-10)11(8)14-13-6-1/h1-7,12H. The summed E-state index contributed by atoms with van der Waals surface area (Å²) in [5, 5.41) is 4.88. The van der Waals surface area contributed by atoms with Crippen LogP contribution in [0.5, 0.6) is 5.75 Å². The summed E-state index contributed by atoms with van der Waals surface area (Å²) < 4.78 is 0. The molecule has 0 spiro atoms. The van der Waals surface area contributed by atoms with Crippen molar-refractivity contribution in [1.29, 1.82) is 0 Å². The van der Waals surface area contributed by atoms with Gasteiger partial charge in [0.05, 0.1) is 6.21 Å². The Morgan fingerprint density at radius 2 is 2.21 bits per heavy atom. The van der Waals surface area contributed by atoms with Crippen LogP contribution in [0.15, 0.2) is 35.6 Å². The van der Waals surface area contributed by atoms with Crippen LogP contribution in [0, 0.1) is 0 Å². The minimum atomic E-state index is 0.814. The van der Waals surface area contributed by atoms with Crippen LogP contribution in [-0.4, -0.2) is 11.2 Å². The molecular formula is C11H8N2O. The molecule has 0 aliphatic carbocycles. The van der Waals surface area contributed by atoms with Crippen molar-refractivity contribution in [3.8, 4) is 5.75 Å². The van der Waals surface area contributed by atoms with Gasteiger partial charge in [0.15, 0.2) is 5.75 Å². The number of rotatable bonds is 0. The van der Waals surface area contributed by atoms with E-state index in [-0.39, 0.29) is 0 Å². The SMILES string of the molecule is C1=Cc2ccc3[nH]ccc3c2ON=C1. The Bertz CT molecular complexity index is 537. The first-order valence-corrected chi connectivity index (χ1v) is 4.42. The predicted octanol–water partition coefficient (Wildman–Crippen LogP) is 2.56. The fourth-order valence-electron chi connectivity index (χ4n) is 1.62. The third kappa shape index (κ3) is 0.956. The van der Waals surface area contributed by atoms with Gasteiger partial charge >= 0.3 is 0 Å². The minimum absolute atomic E-state index is 0.814. The molecule has 0 unspecified atom stereocenters. The second-order valence-electron chi connectivity index (χ2n) is 3.13. The lowest BCUT2D eigenvalue weighted by atomic mass is 10.1. The van der Waals surface area contributed by atoms with Gasteiger partial charge in [0.2, 0.25) is 0 Å². The van der Waals surface area contributed by atoms with Gasteiger partial charge in [-0.15, -0.1) is 0 Å². The molecule has 14 heavy (non-hydrogen) atoms. The van der Waals surface area contributed by atoms with Gasteiger partial charge in [-0.3, -0.25) is 0 Å². The minimum Gasteiger partial charge on any atom is -0.361 e. The van der Waals surface area contributed by atoms with Gasteiger partial charge < -0.3 is 9.82 Å². The van der Waals surface area contributed by atoms with Crippen LogP contribution in [0.25, 0.3) is 17.0 Å². The van der Waals surface area contributed by atoms with Crippen molar-refractivity contribution >= 4 is 23.2 Å². The zero-order valence-corrected chi connectivity index (χ0v) is 7.40. The lowest BCUT2D eigenvalue weighted by Gasteiger charge is -2.02. The Kier molecular flexibility index (Phi) is 1.44. The number of hydrogen-bond acceptors (Lipinski definition) is 2. The molecule has 2 aromatic rings. The molecule has 3 heteroatoms. The molecule has 0 atom stereocenters. The highest BCUT2D eigenvalue weighted by Crippen LogP contribution is 2.31. The molecule has 0 fully saturated rings. The van der Waals surface area contributed by atoms with Crippen molar-refractivity contribution in [2.75, 3.05) is 0 Å². The molecule has 0 radical (unpaired) electrons. The molecule has 1 aliphatic heterocycles. The van der Waals surface area contributed by atoms with Crippen LogP contribution >= 0.6 is 0 Å². The zero-order chi connectivity index (χ0) is 9.38. The van der Waals surface area contributed by atoms with E-state index in [0.29, 0.717) is 0 Å². The van der Waals surface area contributed by atoms with Gasteiger partial charge in [-0.2, -0.15) is 0 Å². The van der Waals surface area contributed by atoms with Crippen molar-refractivity contribution in [2.24, 2.45) is 5.16 Å². The van der Waals surface area contributed by atoms with Crippen molar-refractivity contribution < 1.29 is 4.84 Å². The normalized spacial score (nSPS) is 13.7. The highest BCUT2D eigenvalue weighted by Gasteiger charge is 2.08. The van der Waals surface area contributed by atoms with Gasteiger partial charge in [0.25, 0.3) is 0 Å². The maximum absolute atomic E-state index is 5.31. The number of H-pyrrole nitrogens is 1. The molecule has 0 saturated carbocycles. The van der Waals surface area contributed by atoms with E-state index in [0.717, 1.165) is 22.2 Å². The van der Waals surface area contributed by atoms with E-state index in [1.807, 2.05) is 36.5 Å². The first-order chi connectivity index (χ1) is 6.95. The molecule has 1 aliphatic rings. The van der Waals surface area contributed by atoms with Crippen LogP contribution in [0.1, 0.15) is 5.56 Å². The average molecular weight is 184 g/mol. The first-order valence-electron chi connectivity index (χ1n) is 4.42. The summed E-state index contributed by atoms with van der Waals surface area (Å²) >= 11 is 0. The summed E-state index contributed by atoms with van der Waals surface area (Å²) in [7, 11) is 0. The Morgan fingerprint density at radius 1 is 1.21 bits per heavy atom. The molecule has 0 bridgehead atoms. The highest BCUT2D eigenvalue weighted by atomic mass is 16.6. The number of allylic oxidation sites excluding steroid dienone is 1. The zero-order valence-electron chi connectivity index (χ0n) is 7.40. The van der Waals surface area contributed by atoms with E-state index in [1.54, 1.807) is 6.21 Å². The van der Waals surface area contributed by atoms with Gasteiger partial charge in [-0.1, -0.05) is 5.16 Å². The third-order valence-corrected chi connectivity index (χ3v) is 2.28. The predicted molar refractivity (Wildman–Crippen MR) is 56.5 cm³/mol. The highest BCUT2D eigenvalue weighted by molar-refractivity contribution is 5.92. The van der Waals surface area contributed by atoms with Crippen molar-refractivity contribution in [2.45, 2.75) is 0 Å². The fourth-order valence-corrected chi connectivity index (χ4v) is 1.62. The van der Waals surface area contributed by atoms with Gasteiger partial charge in [0, 0.05) is 22.7 Å². The second-order valence-corrected chi connectivity index (χ2v) is 3.13. The third-order valence-electron chi connectivity index (χ3n) is 2.28. The summed E-state index contributed by atoms with van der Waals surface area (Å²) in [4.78, 5) is 8.44. The number of benzene rings is 1. The molecule has 1 aromatic carbocycles. The van der Waals surface area contributed by atoms with Gasteiger partial charge in [-0.05, 0) is 30.4 Å². The molecule has 0 amide bonds. The lowest BCUT2D eigenvalue weighted by molar-refractivity contribution is 0.348. The van der Waals surface area contributed by atoms with Crippen molar-refractivity contribution in [1.82, 2.24) is 4.98 Å². The molecule has 3 rings (SSSR count). The van der Waals surface area contributed by atoms with Gasteiger partial charge in [0.1, 0.15) is 0 Å². The smallest absolute Gasteiger partial charge is 0.174 e. The van der Waals surface area contributed by atoms with E-state index in [2.05, 4.69) is 10.1 Å². The lowest BCUT2D eigenvalue weighted by Crippen LogP contribution is -1.85. The number of aromatic nitrogens is 1. The summed E-state index contributed by atoms with van der Waals surface area (Å²) in [6, 6.07) is 6.04. The second kappa shape index (κ2) is 2.73. The largest absolute Gasteiger partial charge is 0.361 e. The number of nitrogens with one attached hydrogen (secondary N) is 1. The molecule has 0 saturated heterocycles. The van der Waals surface area contributed by atoms with Crippen LogP contribution in [0.2, 0.25) is 0 Å². The Labute approximate surface area is 80.7 Å². The topological polar surface area (TPSA) is 37.4 Å². The number of fused-ring (bicyclic) bond motifs is 3. The number of oxime groups is 1. The van der Waals surface area contributed by atoms with E-state index < -0.39 is 0 Å². The quantitative estimate of drug-likeness (QED) is 0.671. The fraction of sp³-hybridized carbons (Fsp3) is 0. The Hall–Kier alpha value is -2.03. The van der Waals surface area contributed by atoms with E-state index in [1.165, 1.54) is 0 Å². The number of hydrogen-bond donors (Lipinski definition) is 1. The summed E-state index contributed by atoms with van der Waals surface area (Å²) in [5.74, 6) is 0.814. The van der Waals surface area contributed by atoms with Crippen LogP contribution in [-0.2, 0) is 0 Å². The Balaban J connectivity index is 2.38. The summed E-state index contributed by atoms with van der Waals surface area (Å²) in [5.41, 5.74) is 2.11. The molecule has 2 heterocycles. The maximum atomic E-state index is 5.31. The van der Waals surface area contributed by atoms with Crippen LogP contribution in [0.3, 0.4) is 0 Å². The van der Waals surface area contributed by atoms with Gasteiger partial charge in [-0.25, -0.2) is 0 Å². The molecule has 1 aromatic heterocycles. The van der Waals surface area contributed by atoms with Crippen LogP contribution in [0.4, 0.5) is 0 Å². The van der Waals surface area contributed by atoms with Crippen LogP contribution < -0.4 is 4.84 Å². The molecule has 1 N–H and O–H groups in total. The monoisotopic (exact) mass is 184 g/mol. The first kappa shape index (κ1) is 7.38. The number of nitrogens with zero attached hydrogens (tertiary/aromatic N) is 1.